The molecule has 0 aliphatic carbocycles. The van der Waals surface area contributed by atoms with Gasteiger partial charge >= 0.3 is 0 Å². The average molecular weight is 425 g/mol. The van der Waals surface area contributed by atoms with Crippen LogP contribution in [0.5, 0.6) is 5.75 Å². The largest absolute Gasteiger partial charge is 0.491 e. The molecule has 0 unspecified atom stereocenters. The van der Waals surface area contributed by atoms with Gasteiger partial charge in [0.15, 0.2) is 0 Å². The zero-order valence-corrected chi connectivity index (χ0v) is 17.2. The van der Waals surface area contributed by atoms with Crippen LogP contribution in [0.15, 0.2) is 35.8 Å². The van der Waals surface area contributed by atoms with E-state index in [-0.39, 0.29) is 5.91 Å². The maximum atomic E-state index is 12.4. The highest BCUT2D eigenvalue weighted by molar-refractivity contribution is 8.26. The molecule has 2 aliphatic rings. The van der Waals surface area contributed by atoms with Crippen LogP contribution >= 0.6 is 35.6 Å². The van der Waals surface area contributed by atoms with Crippen molar-refractivity contribution in [2.45, 2.75) is 0 Å². The summed E-state index contributed by atoms with van der Waals surface area (Å²) in [5.74, 6) is 0.535. The number of morpholine rings is 1. The van der Waals surface area contributed by atoms with Gasteiger partial charge in [-0.1, -0.05) is 47.7 Å². The van der Waals surface area contributed by atoms with Crippen LogP contribution in [0.1, 0.15) is 5.56 Å². The third-order valence-electron chi connectivity index (χ3n) is 4.21. The molecule has 2 saturated heterocycles. The number of amides is 1. The molecule has 0 spiro atoms. The van der Waals surface area contributed by atoms with Crippen LogP contribution in [0, 0.1) is 0 Å². The first kappa shape index (κ1) is 20.4. The standard InChI is InChI=1S/C19H21ClN2O3S2/c1-2-5-22-18(23)17(27-19(22)26)13-14-3-4-16(15(20)12-14)25-11-8-21-6-9-24-10-7-21/h2-4,12-13H,1,5-11H2. The van der Waals surface area contributed by atoms with Crippen LogP contribution < -0.4 is 4.74 Å². The summed E-state index contributed by atoms with van der Waals surface area (Å²) >= 11 is 12.9. The van der Waals surface area contributed by atoms with E-state index in [0.29, 0.717) is 33.1 Å². The third kappa shape index (κ3) is 5.33. The quantitative estimate of drug-likeness (QED) is 0.379. The zero-order valence-electron chi connectivity index (χ0n) is 14.9. The van der Waals surface area contributed by atoms with E-state index < -0.39 is 0 Å². The summed E-state index contributed by atoms with van der Waals surface area (Å²) < 4.78 is 11.7. The molecule has 0 bridgehead atoms. The Morgan fingerprint density at radius 2 is 2.15 bits per heavy atom. The van der Waals surface area contributed by atoms with Crippen molar-refractivity contribution in [1.82, 2.24) is 9.80 Å². The van der Waals surface area contributed by atoms with Gasteiger partial charge in [0.2, 0.25) is 0 Å². The van der Waals surface area contributed by atoms with Crippen molar-refractivity contribution >= 4 is 51.9 Å². The number of thiocarbonyl (C=S) groups is 1. The van der Waals surface area contributed by atoms with Gasteiger partial charge in [0.05, 0.1) is 23.1 Å². The number of nitrogens with zero attached hydrogens (tertiary/aromatic N) is 2. The van der Waals surface area contributed by atoms with Crippen LogP contribution in [-0.2, 0) is 9.53 Å². The summed E-state index contributed by atoms with van der Waals surface area (Å²) in [6.07, 6.45) is 3.46. The Kier molecular flexibility index (Phi) is 7.32. The van der Waals surface area contributed by atoms with Gasteiger partial charge in [-0.3, -0.25) is 14.6 Å². The van der Waals surface area contributed by atoms with E-state index in [1.54, 1.807) is 18.2 Å². The Hall–Kier alpha value is -1.38. The summed E-state index contributed by atoms with van der Waals surface area (Å²) in [5.41, 5.74) is 0.833. The van der Waals surface area contributed by atoms with Gasteiger partial charge in [-0.2, -0.15) is 0 Å². The third-order valence-corrected chi connectivity index (χ3v) is 5.88. The Bertz CT molecular complexity index is 763. The number of rotatable bonds is 7. The lowest BCUT2D eigenvalue weighted by Crippen LogP contribution is -2.38. The average Bonchev–Trinajstić information content (AvgIpc) is 2.92. The highest BCUT2D eigenvalue weighted by Crippen LogP contribution is 2.33. The molecule has 2 heterocycles. The molecule has 0 aromatic heterocycles. The number of thioether (sulfide) groups is 1. The summed E-state index contributed by atoms with van der Waals surface area (Å²) in [4.78, 5) is 16.8. The van der Waals surface area contributed by atoms with Gasteiger partial charge in [0, 0.05) is 26.2 Å². The van der Waals surface area contributed by atoms with Gasteiger partial charge in [0.1, 0.15) is 16.7 Å². The smallest absolute Gasteiger partial charge is 0.266 e. The van der Waals surface area contributed by atoms with Crippen LogP contribution in [0.25, 0.3) is 6.08 Å². The molecule has 5 nitrogen and oxygen atoms in total. The minimum Gasteiger partial charge on any atom is -0.491 e. The van der Waals surface area contributed by atoms with Crippen LogP contribution in [0.3, 0.4) is 0 Å². The first-order chi connectivity index (χ1) is 13.1. The van der Waals surface area contributed by atoms with E-state index in [2.05, 4.69) is 11.5 Å². The minimum absolute atomic E-state index is 0.105. The second kappa shape index (κ2) is 9.71. The maximum Gasteiger partial charge on any atom is 0.266 e. The Balaban J connectivity index is 1.60. The lowest BCUT2D eigenvalue weighted by molar-refractivity contribution is -0.121. The number of ether oxygens (including phenoxy) is 2. The van der Waals surface area contributed by atoms with E-state index in [1.165, 1.54) is 16.7 Å². The summed E-state index contributed by atoms with van der Waals surface area (Å²) in [6, 6.07) is 5.51. The second-order valence-corrected chi connectivity index (χ2v) is 8.16. The van der Waals surface area contributed by atoms with E-state index in [4.69, 9.17) is 33.3 Å². The van der Waals surface area contributed by atoms with E-state index in [1.807, 2.05) is 12.1 Å². The fraction of sp³-hybridized carbons (Fsp3) is 0.368. The lowest BCUT2D eigenvalue weighted by Gasteiger charge is -2.26. The molecule has 2 fully saturated rings. The first-order valence-corrected chi connectivity index (χ1v) is 10.3. The number of hydrogen-bond acceptors (Lipinski definition) is 6. The van der Waals surface area contributed by atoms with Crippen molar-refractivity contribution in [3.8, 4) is 5.75 Å². The van der Waals surface area contributed by atoms with Crippen molar-refractivity contribution in [3.63, 3.8) is 0 Å². The molecule has 8 heteroatoms. The molecule has 1 aromatic carbocycles. The number of halogens is 1. The van der Waals surface area contributed by atoms with Crippen molar-refractivity contribution in [2.75, 3.05) is 46.0 Å². The van der Waals surface area contributed by atoms with Crippen LogP contribution in [-0.4, -0.2) is 66.0 Å². The van der Waals surface area contributed by atoms with Crippen molar-refractivity contribution < 1.29 is 14.3 Å². The molecular weight excluding hydrogens is 404 g/mol. The van der Waals surface area contributed by atoms with Crippen molar-refractivity contribution in [3.05, 3.63) is 46.3 Å². The van der Waals surface area contributed by atoms with Gasteiger partial charge < -0.3 is 9.47 Å². The molecule has 0 saturated carbocycles. The molecule has 2 aliphatic heterocycles. The maximum absolute atomic E-state index is 12.4. The van der Waals surface area contributed by atoms with E-state index in [9.17, 15) is 4.79 Å². The first-order valence-electron chi connectivity index (χ1n) is 8.67. The van der Waals surface area contributed by atoms with Gasteiger partial charge in [0.25, 0.3) is 5.91 Å². The number of hydrogen-bond donors (Lipinski definition) is 0. The van der Waals surface area contributed by atoms with Crippen LogP contribution in [0.2, 0.25) is 5.02 Å². The predicted molar refractivity (Wildman–Crippen MR) is 114 cm³/mol. The molecule has 3 rings (SSSR count). The molecule has 27 heavy (non-hydrogen) atoms. The number of carbonyl (C=O) groups excluding carboxylic acids is 1. The Morgan fingerprint density at radius 3 is 2.85 bits per heavy atom. The molecule has 1 amide bonds. The van der Waals surface area contributed by atoms with Gasteiger partial charge in [-0.15, -0.1) is 6.58 Å². The van der Waals surface area contributed by atoms with Crippen LogP contribution in [0.4, 0.5) is 0 Å². The predicted octanol–water partition coefficient (Wildman–Crippen LogP) is 3.44. The topological polar surface area (TPSA) is 42.0 Å². The summed E-state index contributed by atoms with van der Waals surface area (Å²) in [5, 5.41) is 0.521. The molecule has 0 N–H and O–H groups in total. The highest BCUT2D eigenvalue weighted by atomic mass is 35.5. The molecule has 0 atom stereocenters. The molecule has 144 valence electrons. The van der Waals surface area contributed by atoms with E-state index in [0.717, 1.165) is 38.4 Å². The SMILES string of the molecule is C=CCN1C(=O)C(=Cc2ccc(OCCN3CCOCC3)c(Cl)c2)SC1=S. The number of carbonyl (C=O) groups is 1. The second-order valence-electron chi connectivity index (χ2n) is 6.07. The number of benzene rings is 1. The van der Waals surface area contributed by atoms with Crippen molar-refractivity contribution in [1.29, 1.82) is 0 Å². The fourth-order valence-corrected chi connectivity index (χ4v) is 4.29. The zero-order chi connectivity index (χ0) is 19.2. The normalized spacial score (nSPS) is 19.7. The van der Waals surface area contributed by atoms with Gasteiger partial charge in [-0.05, 0) is 23.8 Å². The van der Waals surface area contributed by atoms with Gasteiger partial charge in [-0.25, -0.2) is 0 Å². The Morgan fingerprint density at radius 1 is 1.37 bits per heavy atom. The summed E-state index contributed by atoms with van der Waals surface area (Å²) in [7, 11) is 0. The highest BCUT2D eigenvalue weighted by Gasteiger charge is 2.30. The molecule has 0 radical (unpaired) electrons. The van der Waals surface area contributed by atoms with E-state index >= 15 is 0 Å². The monoisotopic (exact) mass is 424 g/mol. The fourth-order valence-electron chi connectivity index (χ4n) is 2.77. The Labute approximate surface area is 173 Å². The molecule has 1 aromatic rings. The van der Waals surface area contributed by atoms with Crippen molar-refractivity contribution in [2.24, 2.45) is 0 Å². The summed E-state index contributed by atoms with van der Waals surface area (Å²) in [6.45, 7) is 8.89. The lowest BCUT2D eigenvalue weighted by atomic mass is 10.2. The minimum atomic E-state index is -0.105. The molecular formula is C19H21ClN2O3S2.